The van der Waals surface area contributed by atoms with Crippen molar-refractivity contribution in [2.45, 2.75) is 19.9 Å². The molecule has 0 spiro atoms. The van der Waals surface area contributed by atoms with E-state index in [0.29, 0.717) is 18.7 Å². The van der Waals surface area contributed by atoms with Gasteiger partial charge >= 0.3 is 5.97 Å². The number of carbonyl (C=O) groups is 2. The van der Waals surface area contributed by atoms with E-state index in [-0.39, 0.29) is 18.3 Å². The Morgan fingerprint density at radius 2 is 1.86 bits per heavy atom. The van der Waals surface area contributed by atoms with Gasteiger partial charge in [-0.05, 0) is 36.8 Å². The Balaban J connectivity index is 1.57. The van der Waals surface area contributed by atoms with Crippen LogP contribution in [0.5, 0.6) is 5.75 Å². The molecule has 7 heteroatoms. The second kappa shape index (κ2) is 9.84. The van der Waals surface area contributed by atoms with Crippen molar-refractivity contribution in [2.75, 3.05) is 13.7 Å². The SMILES string of the molecule is CCOc1ccccc1-c1nc(CC(=O)NCc2ccc(C(=O)OC)cc2)cs1. The number of thiazole rings is 1. The van der Waals surface area contributed by atoms with Gasteiger partial charge in [0.05, 0.1) is 37.0 Å². The molecule has 3 aromatic rings. The number of hydrogen-bond donors (Lipinski definition) is 1. The highest BCUT2D eigenvalue weighted by atomic mass is 32.1. The Kier molecular flexibility index (Phi) is 6.97. The van der Waals surface area contributed by atoms with Crippen molar-refractivity contribution in [3.8, 4) is 16.3 Å². The molecule has 1 amide bonds. The summed E-state index contributed by atoms with van der Waals surface area (Å²) in [5.41, 5.74) is 3.02. The fourth-order valence-corrected chi connectivity index (χ4v) is 3.59. The lowest BCUT2D eigenvalue weighted by Crippen LogP contribution is -2.24. The largest absolute Gasteiger partial charge is 0.493 e. The lowest BCUT2D eigenvalue weighted by Gasteiger charge is -2.07. The summed E-state index contributed by atoms with van der Waals surface area (Å²) in [6.45, 7) is 2.90. The zero-order valence-electron chi connectivity index (χ0n) is 16.3. The third-order valence-corrected chi connectivity index (χ3v) is 5.10. The van der Waals surface area contributed by atoms with Gasteiger partial charge in [-0.2, -0.15) is 0 Å². The zero-order chi connectivity index (χ0) is 20.6. The summed E-state index contributed by atoms with van der Waals surface area (Å²) in [4.78, 5) is 28.3. The van der Waals surface area contributed by atoms with Crippen LogP contribution in [0.25, 0.3) is 10.6 Å². The van der Waals surface area contributed by atoms with Gasteiger partial charge in [-0.25, -0.2) is 9.78 Å². The number of aromatic nitrogens is 1. The first-order chi connectivity index (χ1) is 14.1. The number of nitrogens with one attached hydrogen (secondary N) is 1. The summed E-state index contributed by atoms with van der Waals surface area (Å²) < 4.78 is 10.3. The molecule has 150 valence electrons. The molecular formula is C22H22N2O4S. The maximum absolute atomic E-state index is 12.3. The molecule has 1 N–H and O–H groups in total. The summed E-state index contributed by atoms with van der Waals surface area (Å²) in [6.07, 6.45) is 0.202. The molecule has 0 saturated carbocycles. The van der Waals surface area contributed by atoms with Gasteiger partial charge < -0.3 is 14.8 Å². The minimum atomic E-state index is -0.383. The van der Waals surface area contributed by atoms with E-state index in [0.717, 1.165) is 27.6 Å². The number of carbonyl (C=O) groups excluding carboxylic acids is 2. The number of methoxy groups -OCH3 is 1. The monoisotopic (exact) mass is 410 g/mol. The number of rotatable bonds is 8. The molecule has 0 atom stereocenters. The van der Waals surface area contributed by atoms with E-state index in [1.807, 2.05) is 36.6 Å². The van der Waals surface area contributed by atoms with Crippen molar-refractivity contribution in [1.82, 2.24) is 10.3 Å². The molecule has 6 nitrogen and oxygen atoms in total. The van der Waals surface area contributed by atoms with Crippen LogP contribution in [-0.4, -0.2) is 30.6 Å². The third kappa shape index (κ3) is 5.42. The van der Waals surface area contributed by atoms with Crippen molar-refractivity contribution in [3.05, 3.63) is 70.7 Å². The molecule has 1 aromatic heterocycles. The van der Waals surface area contributed by atoms with Gasteiger partial charge in [0.15, 0.2) is 0 Å². The average Bonchev–Trinajstić information content (AvgIpc) is 3.21. The lowest BCUT2D eigenvalue weighted by atomic mass is 10.1. The van der Waals surface area contributed by atoms with E-state index in [2.05, 4.69) is 15.0 Å². The number of esters is 1. The highest BCUT2D eigenvalue weighted by Crippen LogP contribution is 2.32. The molecule has 0 saturated heterocycles. The quantitative estimate of drug-likeness (QED) is 0.571. The van der Waals surface area contributed by atoms with E-state index in [1.165, 1.54) is 18.4 Å². The highest BCUT2D eigenvalue weighted by Gasteiger charge is 2.12. The fourth-order valence-electron chi connectivity index (χ4n) is 2.74. The molecule has 2 aromatic carbocycles. The van der Waals surface area contributed by atoms with Gasteiger partial charge in [-0.1, -0.05) is 24.3 Å². The summed E-state index contributed by atoms with van der Waals surface area (Å²) in [5, 5.41) is 5.60. The van der Waals surface area contributed by atoms with Crippen molar-refractivity contribution < 1.29 is 19.1 Å². The Hall–Kier alpha value is -3.19. The standard InChI is InChI=1S/C22H22N2O4S/c1-3-28-19-7-5-4-6-18(19)21-24-17(14-29-21)12-20(25)23-13-15-8-10-16(11-9-15)22(26)27-2/h4-11,14H,3,12-13H2,1-2H3,(H,23,25). The minimum Gasteiger partial charge on any atom is -0.493 e. The van der Waals surface area contributed by atoms with Crippen LogP contribution in [0.4, 0.5) is 0 Å². The molecule has 29 heavy (non-hydrogen) atoms. The van der Waals surface area contributed by atoms with Crippen molar-refractivity contribution in [1.29, 1.82) is 0 Å². The Morgan fingerprint density at radius 1 is 1.10 bits per heavy atom. The normalized spacial score (nSPS) is 10.4. The number of ether oxygens (including phenoxy) is 2. The molecule has 0 unspecified atom stereocenters. The van der Waals surface area contributed by atoms with E-state index in [9.17, 15) is 9.59 Å². The Morgan fingerprint density at radius 3 is 2.59 bits per heavy atom. The maximum Gasteiger partial charge on any atom is 0.337 e. The first-order valence-corrected chi connectivity index (χ1v) is 10.1. The molecule has 3 rings (SSSR count). The van der Waals surface area contributed by atoms with Crippen LogP contribution in [0.1, 0.15) is 28.5 Å². The second-order valence-electron chi connectivity index (χ2n) is 6.22. The van der Waals surface area contributed by atoms with Crippen LogP contribution in [0.3, 0.4) is 0 Å². The van der Waals surface area contributed by atoms with E-state index in [1.54, 1.807) is 24.3 Å². The first kappa shape index (κ1) is 20.5. The molecule has 0 aliphatic rings. The molecular weight excluding hydrogens is 388 g/mol. The molecule has 0 aliphatic carbocycles. The van der Waals surface area contributed by atoms with Crippen molar-refractivity contribution in [2.24, 2.45) is 0 Å². The summed E-state index contributed by atoms with van der Waals surface area (Å²) >= 11 is 1.49. The summed E-state index contributed by atoms with van der Waals surface area (Å²) in [5.74, 6) is 0.290. The average molecular weight is 410 g/mol. The fraction of sp³-hybridized carbons (Fsp3) is 0.227. The zero-order valence-corrected chi connectivity index (χ0v) is 17.1. The van der Waals surface area contributed by atoms with E-state index >= 15 is 0 Å². The molecule has 0 bridgehead atoms. The van der Waals surface area contributed by atoms with Crippen molar-refractivity contribution in [3.63, 3.8) is 0 Å². The number of nitrogens with zero attached hydrogens (tertiary/aromatic N) is 1. The van der Waals surface area contributed by atoms with Crippen molar-refractivity contribution >= 4 is 23.2 Å². The number of hydrogen-bond acceptors (Lipinski definition) is 6. The van der Waals surface area contributed by atoms with Gasteiger partial charge in [0.2, 0.25) is 5.91 Å². The van der Waals surface area contributed by atoms with Gasteiger partial charge in [0, 0.05) is 11.9 Å². The smallest absolute Gasteiger partial charge is 0.337 e. The summed E-state index contributed by atoms with van der Waals surface area (Å²) in [7, 11) is 1.34. The molecule has 0 fully saturated rings. The second-order valence-corrected chi connectivity index (χ2v) is 7.07. The predicted molar refractivity (Wildman–Crippen MR) is 112 cm³/mol. The first-order valence-electron chi connectivity index (χ1n) is 9.21. The van der Waals surface area contributed by atoms with Crippen LogP contribution < -0.4 is 10.1 Å². The Bertz CT molecular complexity index is 982. The maximum atomic E-state index is 12.3. The topological polar surface area (TPSA) is 77.5 Å². The van der Waals surface area contributed by atoms with E-state index < -0.39 is 0 Å². The number of para-hydroxylation sites is 1. The molecule has 0 aliphatic heterocycles. The van der Waals surface area contributed by atoms with E-state index in [4.69, 9.17) is 4.74 Å². The minimum absolute atomic E-state index is 0.114. The van der Waals surface area contributed by atoms with Crippen LogP contribution in [0.2, 0.25) is 0 Å². The van der Waals surface area contributed by atoms with Gasteiger partial charge in [0.1, 0.15) is 10.8 Å². The molecule has 1 heterocycles. The Labute approximate surface area is 173 Å². The summed E-state index contributed by atoms with van der Waals surface area (Å²) in [6, 6.07) is 14.7. The highest BCUT2D eigenvalue weighted by molar-refractivity contribution is 7.13. The van der Waals surface area contributed by atoms with Crippen LogP contribution >= 0.6 is 11.3 Å². The number of amides is 1. The third-order valence-electron chi connectivity index (χ3n) is 4.18. The van der Waals surface area contributed by atoms with Crippen LogP contribution in [0, 0.1) is 0 Å². The van der Waals surface area contributed by atoms with Crippen LogP contribution in [0.15, 0.2) is 53.9 Å². The van der Waals surface area contributed by atoms with Crippen LogP contribution in [-0.2, 0) is 22.5 Å². The predicted octanol–water partition coefficient (Wildman–Crippen LogP) is 3.85. The van der Waals surface area contributed by atoms with Gasteiger partial charge in [0.25, 0.3) is 0 Å². The molecule has 0 radical (unpaired) electrons. The van der Waals surface area contributed by atoms with Gasteiger partial charge in [-0.3, -0.25) is 4.79 Å². The lowest BCUT2D eigenvalue weighted by molar-refractivity contribution is -0.120. The number of benzene rings is 2. The van der Waals surface area contributed by atoms with Gasteiger partial charge in [-0.15, -0.1) is 11.3 Å².